The molecule has 2 aromatic heterocycles. The third kappa shape index (κ3) is 4.51. The van der Waals surface area contributed by atoms with Crippen molar-refractivity contribution in [3.05, 3.63) is 45.9 Å². The Balaban J connectivity index is 1.28. The summed E-state index contributed by atoms with van der Waals surface area (Å²) in [5.41, 5.74) is 2.16. The maximum Gasteiger partial charge on any atom is 0.322 e. The number of thiophene rings is 1. The number of fused-ring (bicyclic) bond motifs is 1. The van der Waals surface area contributed by atoms with Crippen molar-refractivity contribution in [2.45, 2.75) is 25.8 Å². The highest BCUT2D eigenvalue weighted by atomic mass is 32.1. The summed E-state index contributed by atoms with van der Waals surface area (Å²) in [7, 11) is 0. The normalized spacial score (nSPS) is 17.1. The van der Waals surface area contributed by atoms with Gasteiger partial charge in [-0.1, -0.05) is 0 Å². The summed E-state index contributed by atoms with van der Waals surface area (Å²) in [6.07, 6.45) is 4.37. The molecule has 28 heavy (non-hydrogen) atoms. The Kier molecular flexibility index (Phi) is 5.87. The number of anilines is 1. The van der Waals surface area contributed by atoms with Gasteiger partial charge in [0.05, 0.1) is 11.9 Å². The molecule has 2 N–H and O–H groups in total. The molecule has 8 heteroatoms. The first kappa shape index (κ1) is 18.9. The van der Waals surface area contributed by atoms with Crippen LogP contribution in [0.15, 0.2) is 29.8 Å². The summed E-state index contributed by atoms with van der Waals surface area (Å²) in [4.78, 5) is 32.1. The van der Waals surface area contributed by atoms with E-state index in [2.05, 4.69) is 27.1 Å². The van der Waals surface area contributed by atoms with Crippen molar-refractivity contribution in [1.29, 1.82) is 0 Å². The van der Waals surface area contributed by atoms with E-state index in [0.717, 1.165) is 32.5 Å². The Morgan fingerprint density at radius 1 is 1.25 bits per heavy atom. The van der Waals surface area contributed by atoms with Gasteiger partial charge in [0.2, 0.25) is 0 Å². The van der Waals surface area contributed by atoms with E-state index in [1.807, 2.05) is 0 Å². The zero-order valence-electron chi connectivity index (χ0n) is 15.6. The molecular formula is C20H24N4O3S. The molecule has 0 radical (unpaired) electrons. The van der Waals surface area contributed by atoms with Crippen LogP contribution in [0, 0.1) is 5.92 Å². The van der Waals surface area contributed by atoms with Gasteiger partial charge in [-0.05, 0) is 54.3 Å². The third-order valence-corrected chi connectivity index (χ3v) is 6.26. The van der Waals surface area contributed by atoms with E-state index >= 15 is 0 Å². The SMILES string of the molecule is O=C(NCC1CCOCC1)c1ccc(NC(=O)N2CCc3sccc3C2)cn1. The van der Waals surface area contributed by atoms with Gasteiger partial charge in [-0.3, -0.25) is 4.79 Å². The molecule has 1 fully saturated rings. The van der Waals surface area contributed by atoms with Crippen LogP contribution in [-0.4, -0.2) is 48.1 Å². The van der Waals surface area contributed by atoms with Gasteiger partial charge in [-0.2, -0.15) is 0 Å². The first-order chi connectivity index (χ1) is 13.7. The van der Waals surface area contributed by atoms with E-state index in [-0.39, 0.29) is 11.9 Å². The number of urea groups is 1. The van der Waals surface area contributed by atoms with Crippen molar-refractivity contribution in [3.8, 4) is 0 Å². The van der Waals surface area contributed by atoms with Crippen molar-refractivity contribution in [2.75, 3.05) is 31.6 Å². The minimum Gasteiger partial charge on any atom is -0.381 e. The van der Waals surface area contributed by atoms with E-state index in [9.17, 15) is 9.59 Å². The van der Waals surface area contributed by atoms with Gasteiger partial charge >= 0.3 is 6.03 Å². The zero-order chi connectivity index (χ0) is 19.3. The lowest BCUT2D eigenvalue weighted by atomic mass is 10.0. The van der Waals surface area contributed by atoms with Gasteiger partial charge in [-0.25, -0.2) is 9.78 Å². The maximum atomic E-state index is 12.5. The van der Waals surface area contributed by atoms with Gasteiger partial charge < -0.3 is 20.3 Å². The number of aromatic nitrogens is 1. The average Bonchev–Trinajstić information content (AvgIpc) is 3.21. The first-order valence-electron chi connectivity index (χ1n) is 9.62. The summed E-state index contributed by atoms with van der Waals surface area (Å²) in [5.74, 6) is 0.273. The van der Waals surface area contributed by atoms with Gasteiger partial charge in [0.1, 0.15) is 5.69 Å². The largest absolute Gasteiger partial charge is 0.381 e. The molecule has 0 aromatic carbocycles. The van der Waals surface area contributed by atoms with E-state index in [4.69, 9.17) is 4.74 Å². The van der Waals surface area contributed by atoms with Crippen molar-refractivity contribution in [2.24, 2.45) is 5.92 Å². The number of carbonyl (C=O) groups excluding carboxylic acids is 2. The number of nitrogens with one attached hydrogen (secondary N) is 2. The Bertz CT molecular complexity index is 830. The maximum absolute atomic E-state index is 12.5. The summed E-state index contributed by atoms with van der Waals surface area (Å²) in [5, 5.41) is 7.87. The van der Waals surface area contributed by atoms with Gasteiger partial charge in [0.25, 0.3) is 5.91 Å². The average molecular weight is 401 g/mol. The lowest BCUT2D eigenvalue weighted by Gasteiger charge is -2.27. The lowest BCUT2D eigenvalue weighted by molar-refractivity contribution is 0.0642. The third-order valence-electron chi connectivity index (χ3n) is 5.23. The molecule has 0 bridgehead atoms. The monoisotopic (exact) mass is 400 g/mol. The molecule has 0 unspecified atom stereocenters. The molecule has 0 atom stereocenters. The molecule has 7 nitrogen and oxygen atoms in total. The van der Waals surface area contributed by atoms with Crippen LogP contribution >= 0.6 is 11.3 Å². The van der Waals surface area contributed by atoms with Gasteiger partial charge in [-0.15, -0.1) is 11.3 Å². The highest BCUT2D eigenvalue weighted by Crippen LogP contribution is 2.24. The molecule has 4 heterocycles. The highest BCUT2D eigenvalue weighted by molar-refractivity contribution is 7.10. The molecule has 0 spiro atoms. The number of rotatable bonds is 4. The van der Waals surface area contributed by atoms with Crippen LogP contribution in [0.3, 0.4) is 0 Å². The van der Waals surface area contributed by atoms with E-state index in [1.54, 1.807) is 28.4 Å². The number of carbonyl (C=O) groups is 2. The van der Waals surface area contributed by atoms with Crippen molar-refractivity contribution >= 4 is 29.0 Å². The molecular weight excluding hydrogens is 376 g/mol. The predicted molar refractivity (Wildman–Crippen MR) is 108 cm³/mol. The van der Waals surface area contributed by atoms with Crippen LogP contribution in [0.5, 0.6) is 0 Å². The molecule has 1 saturated heterocycles. The van der Waals surface area contributed by atoms with Crippen LogP contribution in [0.1, 0.15) is 33.8 Å². The second-order valence-electron chi connectivity index (χ2n) is 7.17. The summed E-state index contributed by atoms with van der Waals surface area (Å²) < 4.78 is 5.33. The van der Waals surface area contributed by atoms with Crippen LogP contribution in [0.25, 0.3) is 0 Å². The van der Waals surface area contributed by atoms with Crippen LogP contribution in [-0.2, 0) is 17.7 Å². The number of pyridine rings is 1. The lowest BCUT2D eigenvalue weighted by Crippen LogP contribution is -2.38. The smallest absolute Gasteiger partial charge is 0.322 e. The number of hydrogen-bond acceptors (Lipinski definition) is 5. The number of amides is 3. The molecule has 3 amide bonds. The fraction of sp³-hybridized carbons (Fsp3) is 0.450. The van der Waals surface area contributed by atoms with Gasteiger partial charge in [0, 0.05) is 37.7 Å². The standard InChI is InChI=1S/C20H24N4O3S/c25-19(22-11-14-4-8-27-9-5-14)17-2-1-16(12-21-17)23-20(26)24-7-3-18-15(13-24)6-10-28-18/h1-2,6,10,12,14H,3-5,7-9,11,13H2,(H,22,25)(H,23,26). The molecule has 2 aromatic rings. The second-order valence-corrected chi connectivity index (χ2v) is 8.17. The number of nitrogens with zero attached hydrogens (tertiary/aromatic N) is 2. The molecule has 148 valence electrons. The molecule has 2 aliphatic rings. The molecule has 0 aliphatic carbocycles. The zero-order valence-corrected chi connectivity index (χ0v) is 16.5. The van der Waals surface area contributed by atoms with Crippen LogP contribution < -0.4 is 10.6 Å². The summed E-state index contributed by atoms with van der Waals surface area (Å²) in [6, 6.07) is 5.29. The molecule has 4 rings (SSSR count). The number of hydrogen-bond donors (Lipinski definition) is 2. The summed E-state index contributed by atoms with van der Waals surface area (Å²) >= 11 is 1.75. The van der Waals surface area contributed by atoms with Crippen LogP contribution in [0.4, 0.5) is 10.5 Å². The van der Waals surface area contributed by atoms with E-state index < -0.39 is 0 Å². The first-order valence-corrected chi connectivity index (χ1v) is 10.5. The van der Waals surface area contributed by atoms with E-state index in [0.29, 0.717) is 36.9 Å². The highest BCUT2D eigenvalue weighted by Gasteiger charge is 2.21. The second kappa shape index (κ2) is 8.70. The minimum absolute atomic E-state index is 0.143. The Hall–Kier alpha value is -2.45. The van der Waals surface area contributed by atoms with E-state index in [1.165, 1.54) is 16.6 Å². The predicted octanol–water partition coefficient (Wildman–Crippen LogP) is 2.89. The molecule has 0 saturated carbocycles. The minimum atomic E-state index is -0.189. The Labute approximate surface area is 168 Å². The van der Waals surface area contributed by atoms with Crippen molar-refractivity contribution < 1.29 is 14.3 Å². The quantitative estimate of drug-likeness (QED) is 0.827. The van der Waals surface area contributed by atoms with Crippen molar-refractivity contribution in [3.63, 3.8) is 0 Å². The van der Waals surface area contributed by atoms with Crippen LogP contribution in [0.2, 0.25) is 0 Å². The molecule has 2 aliphatic heterocycles. The summed E-state index contributed by atoms with van der Waals surface area (Å²) in [6.45, 7) is 3.50. The Morgan fingerprint density at radius 3 is 2.89 bits per heavy atom. The topological polar surface area (TPSA) is 83.6 Å². The van der Waals surface area contributed by atoms with Crippen molar-refractivity contribution in [1.82, 2.24) is 15.2 Å². The number of ether oxygens (including phenoxy) is 1. The fourth-order valence-corrected chi connectivity index (χ4v) is 4.39. The Morgan fingerprint density at radius 2 is 2.11 bits per heavy atom. The fourth-order valence-electron chi connectivity index (χ4n) is 3.50. The van der Waals surface area contributed by atoms with Gasteiger partial charge in [0.15, 0.2) is 0 Å².